The Hall–Kier alpha value is -3.13. The minimum atomic E-state index is -0.231. The maximum Gasteiger partial charge on any atom is 0.255 e. The van der Waals surface area contributed by atoms with Crippen molar-refractivity contribution in [2.24, 2.45) is 7.05 Å². The number of hydrogen-bond acceptors (Lipinski definition) is 5. The summed E-state index contributed by atoms with van der Waals surface area (Å²) < 4.78 is 1.74. The molecule has 0 radical (unpaired) electrons. The molecular formula is C19H19N5O2S. The first-order chi connectivity index (χ1) is 13.0. The molecule has 1 aromatic heterocycles. The summed E-state index contributed by atoms with van der Waals surface area (Å²) >= 11 is 1.29. The molecule has 0 atom stereocenters. The van der Waals surface area contributed by atoms with Crippen LogP contribution in [0.25, 0.3) is 0 Å². The summed E-state index contributed by atoms with van der Waals surface area (Å²) in [6, 6.07) is 14.4. The third-order valence-corrected chi connectivity index (χ3v) is 4.72. The van der Waals surface area contributed by atoms with Crippen LogP contribution in [0, 0.1) is 6.92 Å². The largest absolute Gasteiger partial charge is 0.325 e. The van der Waals surface area contributed by atoms with Crippen molar-refractivity contribution in [2.45, 2.75) is 12.1 Å². The van der Waals surface area contributed by atoms with Crippen LogP contribution >= 0.6 is 11.8 Å². The Kier molecular flexibility index (Phi) is 5.87. The molecule has 1 heterocycles. The lowest BCUT2D eigenvalue weighted by atomic mass is 10.1. The molecule has 138 valence electrons. The Morgan fingerprint density at radius 2 is 1.81 bits per heavy atom. The number of carbonyl (C=O) groups excluding carboxylic acids is 2. The van der Waals surface area contributed by atoms with Gasteiger partial charge in [-0.15, -0.1) is 10.2 Å². The molecule has 8 heteroatoms. The highest BCUT2D eigenvalue weighted by Crippen LogP contribution is 2.17. The van der Waals surface area contributed by atoms with Crippen molar-refractivity contribution in [1.82, 2.24) is 14.8 Å². The van der Waals surface area contributed by atoms with Crippen molar-refractivity contribution in [3.8, 4) is 0 Å². The number of aromatic nitrogens is 3. The van der Waals surface area contributed by atoms with Gasteiger partial charge in [0.1, 0.15) is 6.33 Å². The first-order valence-electron chi connectivity index (χ1n) is 8.26. The summed E-state index contributed by atoms with van der Waals surface area (Å²) in [5.74, 6) is -0.212. The maximum atomic E-state index is 12.4. The van der Waals surface area contributed by atoms with Gasteiger partial charge in [-0.3, -0.25) is 9.59 Å². The van der Waals surface area contributed by atoms with E-state index in [1.807, 2.05) is 38.2 Å². The molecule has 7 nitrogen and oxygen atoms in total. The van der Waals surface area contributed by atoms with Crippen molar-refractivity contribution in [3.05, 3.63) is 66.0 Å². The molecule has 2 N–H and O–H groups in total. The smallest absolute Gasteiger partial charge is 0.255 e. The second-order valence-electron chi connectivity index (χ2n) is 5.97. The number of hydrogen-bond donors (Lipinski definition) is 2. The van der Waals surface area contributed by atoms with Gasteiger partial charge in [0.05, 0.1) is 5.75 Å². The molecule has 0 fully saturated rings. The zero-order valence-electron chi connectivity index (χ0n) is 15.0. The van der Waals surface area contributed by atoms with Crippen LogP contribution in [-0.2, 0) is 11.8 Å². The van der Waals surface area contributed by atoms with Gasteiger partial charge < -0.3 is 15.2 Å². The monoisotopic (exact) mass is 381 g/mol. The molecule has 3 rings (SSSR count). The zero-order valence-corrected chi connectivity index (χ0v) is 15.8. The summed E-state index contributed by atoms with van der Waals surface area (Å²) in [5.41, 5.74) is 2.83. The molecular weight excluding hydrogens is 362 g/mol. The van der Waals surface area contributed by atoms with E-state index in [0.29, 0.717) is 16.4 Å². The molecule has 0 unspecified atom stereocenters. The Bertz CT molecular complexity index is 970. The van der Waals surface area contributed by atoms with Crippen molar-refractivity contribution < 1.29 is 9.59 Å². The number of rotatable bonds is 6. The van der Waals surface area contributed by atoms with E-state index in [9.17, 15) is 9.59 Å². The van der Waals surface area contributed by atoms with Crippen LogP contribution in [-0.4, -0.2) is 32.3 Å². The molecule has 0 saturated heterocycles. The Morgan fingerprint density at radius 3 is 2.52 bits per heavy atom. The minimum absolute atomic E-state index is 0.181. The van der Waals surface area contributed by atoms with Gasteiger partial charge in [-0.25, -0.2) is 0 Å². The van der Waals surface area contributed by atoms with Crippen LogP contribution in [0.3, 0.4) is 0 Å². The van der Waals surface area contributed by atoms with Gasteiger partial charge in [0.25, 0.3) is 5.91 Å². The molecule has 2 aromatic carbocycles. The third-order valence-electron chi connectivity index (χ3n) is 3.69. The van der Waals surface area contributed by atoms with E-state index in [-0.39, 0.29) is 17.6 Å². The van der Waals surface area contributed by atoms with Gasteiger partial charge in [0.2, 0.25) is 5.91 Å². The summed E-state index contributed by atoms with van der Waals surface area (Å²) in [6.07, 6.45) is 1.58. The van der Waals surface area contributed by atoms with E-state index >= 15 is 0 Å². The molecule has 0 aliphatic carbocycles. The molecule has 0 aliphatic rings. The van der Waals surface area contributed by atoms with Crippen LogP contribution < -0.4 is 10.6 Å². The molecule has 0 saturated carbocycles. The number of carbonyl (C=O) groups is 2. The lowest BCUT2D eigenvalue weighted by Gasteiger charge is -2.09. The predicted octanol–water partition coefficient (Wildman–Crippen LogP) is 3.11. The fourth-order valence-corrected chi connectivity index (χ4v) is 3.08. The molecule has 2 amide bonds. The maximum absolute atomic E-state index is 12.4. The van der Waals surface area contributed by atoms with Gasteiger partial charge in [0, 0.05) is 24.0 Å². The van der Waals surface area contributed by atoms with Crippen molar-refractivity contribution in [2.75, 3.05) is 16.4 Å². The van der Waals surface area contributed by atoms with E-state index in [2.05, 4.69) is 20.8 Å². The van der Waals surface area contributed by atoms with Crippen LogP contribution in [0.15, 0.2) is 60.0 Å². The van der Waals surface area contributed by atoms with Crippen LogP contribution in [0.4, 0.5) is 11.4 Å². The average Bonchev–Trinajstić information content (AvgIpc) is 3.05. The Morgan fingerprint density at radius 1 is 1.07 bits per heavy atom. The van der Waals surface area contributed by atoms with E-state index in [1.165, 1.54) is 11.8 Å². The van der Waals surface area contributed by atoms with Crippen molar-refractivity contribution in [1.29, 1.82) is 0 Å². The summed E-state index contributed by atoms with van der Waals surface area (Å²) in [6.45, 7) is 1.96. The summed E-state index contributed by atoms with van der Waals surface area (Å²) in [4.78, 5) is 24.6. The van der Waals surface area contributed by atoms with Crippen LogP contribution in [0.2, 0.25) is 0 Å². The second kappa shape index (κ2) is 8.50. The van der Waals surface area contributed by atoms with Gasteiger partial charge in [-0.05, 0) is 42.8 Å². The lowest BCUT2D eigenvalue weighted by Crippen LogP contribution is -2.16. The number of benzene rings is 2. The van der Waals surface area contributed by atoms with Gasteiger partial charge in [-0.2, -0.15) is 0 Å². The summed E-state index contributed by atoms with van der Waals surface area (Å²) in [5, 5.41) is 14.0. The number of thioether (sulfide) groups is 1. The highest BCUT2D eigenvalue weighted by atomic mass is 32.2. The van der Waals surface area contributed by atoms with E-state index in [4.69, 9.17) is 0 Å². The molecule has 0 aliphatic heterocycles. The lowest BCUT2D eigenvalue weighted by molar-refractivity contribution is -0.113. The number of nitrogens with one attached hydrogen (secondary N) is 2. The number of aryl methyl sites for hydroxylation is 2. The second-order valence-corrected chi connectivity index (χ2v) is 6.91. The van der Waals surface area contributed by atoms with E-state index < -0.39 is 0 Å². The van der Waals surface area contributed by atoms with Gasteiger partial charge in [-0.1, -0.05) is 30.0 Å². The quantitative estimate of drug-likeness (QED) is 0.641. The molecule has 0 bridgehead atoms. The highest BCUT2D eigenvalue weighted by Gasteiger charge is 2.10. The molecule has 0 spiro atoms. The van der Waals surface area contributed by atoms with Crippen LogP contribution in [0.5, 0.6) is 0 Å². The zero-order chi connectivity index (χ0) is 19.2. The standard InChI is InChI=1S/C19H19N5O2S/c1-13-5-3-7-15(9-13)22-18(26)14-6-4-8-16(10-14)21-17(25)11-27-19-23-20-12-24(19)2/h3-10,12H,11H2,1-2H3,(H,21,25)(H,22,26). The van der Waals surface area contributed by atoms with Gasteiger partial charge >= 0.3 is 0 Å². The average molecular weight is 381 g/mol. The normalized spacial score (nSPS) is 10.4. The topological polar surface area (TPSA) is 88.9 Å². The first kappa shape index (κ1) is 18.7. The van der Waals surface area contributed by atoms with Crippen LogP contribution in [0.1, 0.15) is 15.9 Å². The van der Waals surface area contributed by atoms with E-state index in [1.54, 1.807) is 35.2 Å². The first-order valence-corrected chi connectivity index (χ1v) is 9.24. The fraction of sp³-hybridized carbons (Fsp3) is 0.158. The SMILES string of the molecule is Cc1cccc(NC(=O)c2cccc(NC(=O)CSc3nncn3C)c2)c1. The fourth-order valence-electron chi connectivity index (χ4n) is 2.39. The molecule has 27 heavy (non-hydrogen) atoms. The minimum Gasteiger partial charge on any atom is -0.325 e. The van der Waals surface area contributed by atoms with Crippen molar-refractivity contribution in [3.63, 3.8) is 0 Å². The van der Waals surface area contributed by atoms with E-state index in [0.717, 1.165) is 11.3 Å². The summed E-state index contributed by atoms with van der Waals surface area (Å²) in [7, 11) is 1.82. The number of anilines is 2. The van der Waals surface area contributed by atoms with Gasteiger partial charge in [0.15, 0.2) is 5.16 Å². The van der Waals surface area contributed by atoms with Crippen molar-refractivity contribution >= 4 is 35.0 Å². The number of amides is 2. The highest BCUT2D eigenvalue weighted by molar-refractivity contribution is 7.99. The molecule has 3 aromatic rings. The Balaban J connectivity index is 1.60. The Labute approximate surface area is 161 Å². The predicted molar refractivity (Wildman–Crippen MR) is 106 cm³/mol. The number of nitrogens with zero attached hydrogens (tertiary/aromatic N) is 3. The third kappa shape index (κ3) is 5.18.